The lowest BCUT2D eigenvalue weighted by molar-refractivity contribution is -0.385. The Morgan fingerprint density at radius 2 is 1.89 bits per heavy atom. The zero-order chi connectivity index (χ0) is 13.8. The summed E-state index contributed by atoms with van der Waals surface area (Å²) in [7, 11) is 0. The van der Waals surface area contributed by atoms with Gasteiger partial charge < -0.3 is 4.74 Å². The summed E-state index contributed by atoms with van der Waals surface area (Å²) in [6.45, 7) is 2.27. The standard InChI is InChI=1S/C14H12INO3/c1-10-2-7-13(16(17)18)8-14(10)19-9-11-3-5-12(15)6-4-11/h2-8H,9H2,1H3. The Morgan fingerprint density at radius 3 is 2.53 bits per heavy atom. The molecule has 0 radical (unpaired) electrons. The van der Waals surface area contributed by atoms with Gasteiger partial charge in [0.25, 0.3) is 5.69 Å². The van der Waals surface area contributed by atoms with Crippen LogP contribution in [0.15, 0.2) is 42.5 Å². The van der Waals surface area contributed by atoms with Gasteiger partial charge in [0.05, 0.1) is 11.0 Å². The Balaban J connectivity index is 2.12. The van der Waals surface area contributed by atoms with Crippen molar-refractivity contribution in [2.24, 2.45) is 0 Å². The van der Waals surface area contributed by atoms with Gasteiger partial charge in [-0.25, -0.2) is 0 Å². The Kier molecular flexibility index (Phi) is 4.36. The van der Waals surface area contributed by atoms with E-state index in [4.69, 9.17) is 4.74 Å². The van der Waals surface area contributed by atoms with Crippen molar-refractivity contribution in [3.05, 3.63) is 67.3 Å². The average molecular weight is 369 g/mol. The van der Waals surface area contributed by atoms with Crippen LogP contribution >= 0.6 is 22.6 Å². The molecule has 0 fully saturated rings. The summed E-state index contributed by atoms with van der Waals surface area (Å²) >= 11 is 2.24. The third-order valence-corrected chi connectivity index (χ3v) is 3.41. The van der Waals surface area contributed by atoms with Crippen molar-refractivity contribution < 1.29 is 9.66 Å². The highest BCUT2D eigenvalue weighted by Gasteiger charge is 2.09. The van der Waals surface area contributed by atoms with Crippen LogP contribution in [0.2, 0.25) is 0 Å². The van der Waals surface area contributed by atoms with Gasteiger partial charge in [0.15, 0.2) is 0 Å². The van der Waals surface area contributed by atoms with E-state index in [0.717, 1.165) is 14.7 Å². The Hall–Kier alpha value is -1.63. The molecule has 0 N–H and O–H groups in total. The van der Waals surface area contributed by atoms with Gasteiger partial charge in [0, 0.05) is 9.64 Å². The lowest BCUT2D eigenvalue weighted by atomic mass is 10.2. The molecule has 0 aliphatic rings. The zero-order valence-corrected chi connectivity index (χ0v) is 12.5. The summed E-state index contributed by atoms with van der Waals surface area (Å²) in [5.41, 5.74) is 1.96. The van der Waals surface area contributed by atoms with Crippen molar-refractivity contribution >= 4 is 28.3 Å². The first-order valence-corrected chi connectivity index (χ1v) is 6.76. The number of non-ortho nitro benzene ring substituents is 1. The fourth-order valence-corrected chi connectivity index (χ4v) is 1.96. The van der Waals surface area contributed by atoms with Crippen molar-refractivity contribution in [3.8, 4) is 5.75 Å². The second-order valence-corrected chi connectivity index (χ2v) is 5.37. The van der Waals surface area contributed by atoms with Crippen molar-refractivity contribution in [2.75, 3.05) is 0 Å². The maximum atomic E-state index is 10.7. The lowest BCUT2D eigenvalue weighted by Crippen LogP contribution is -1.98. The third-order valence-electron chi connectivity index (χ3n) is 2.69. The molecule has 4 nitrogen and oxygen atoms in total. The first kappa shape index (κ1) is 13.8. The lowest BCUT2D eigenvalue weighted by Gasteiger charge is -2.09. The minimum Gasteiger partial charge on any atom is -0.488 e. The number of hydrogen-bond donors (Lipinski definition) is 0. The number of aryl methyl sites for hydroxylation is 1. The highest BCUT2D eigenvalue weighted by atomic mass is 127. The van der Waals surface area contributed by atoms with E-state index in [0.29, 0.717) is 12.4 Å². The van der Waals surface area contributed by atoms with Crippen LogP contribution in [-0.4, -0.2) is 4.92 Å². The van der Waals surface area contributed by atoms with E-state index in [-0.39, 0.29) is 5.69 Å². The molecule has 0 saturated heterocycles. The maximum Gasteiger partial charge on any atom is 0.273 e. The van der Waals surface area contributed by atoms with Crippen LogP contribution in [0, 0.1) is 20.6 Å². The van der Waals surface area contributed by atoms with Crippen molar-refractivity contribution in [1.29, 1.82) is 0 Å². The Bertz CT molecular complexity index is 596. The van der Waals surface area contributed by atoms with Crippen LogP contribution in [-0.2, 0) is 6.61 Å². The highest BCUT2D eigenvalue weighted by molar-refractivity contribution is 14.1. The SMILES string of the molecule is Cc1ccc([N+](=O)[O-])cc1OCc1ccc(I)cc1. The number of nitro benzene ring substituents is 1. The molecule has 0 aromatic heterocycles. The molecule has 2 rings (SSSR count). The van der Waals surface area contributed by atoms with Gasteiger partial charge in [-0.1, -0.05) is 12.1 Å². The molecule has 0 unspecified atom stereocenters. The highest BCUT2D eigenvalue weighted by Crippen LogP contribution is 2.24. The second-order valence-electron chi connectivity index (χ2n) is 4.12. The van der Waals surface area contributed by atoms with Gasteiger partial charge in [-0.15, -0.1) is 0 Å². The molecule has 0 aliphatic heterocycles. The maximum absolute atomic E-state index is 10.7. The van der Waals surface area contributed by atoms with E-state index in [2.05, 4.69) is 22.6 Å². The smallest absolute Gasteiger partial charge is 0.273 e. The van der Waals surface area contributed by atoms with E-state index in [9.17, 15) is 10.1 Å². The number of ether oxygens (including phenoxy) is 1. The number of hydrogen-bond acceptors (Lipinski definition) is 3. The summed E-state index contributed by atoms with van der Waals surface area (Å²) < 4.78 is 6.81. The monoisotopic (exact) mass is 369 g/mol. The molecule has 5 heteroatoms. The van der Waals surface area contributed by atoms with Crippen molar-refractivity contribution in [1.82, 2.24) is 0 Å². The number of rotatable bonds is 4. The molecular weight excluding hydrogens is 357 g/mol. The Morgan fingerprint density at radius 1 is 1.21 bits per heavy atom. The second kappa shape index (κ2) is 6.01. The summed E-state index contributed by atoms with van der Waals surface area (Å²) in [5, 5.41) is 10.7. The van der Waals surface area contributed by atoms with Crippen molar-refractivity contribution in [2.45, 2.75) is 13.5 Å². The summed E-state index contributed by atoms with van der Waals surface area (Å²) in [5.74, 6) is 0.549. The minimum absolute atomic E-state index is 0.0446. The molecule has 2 aromatic carbocycles. The van der Waals surface area contributed by atoms with Gasteiger partial charge in [0.2, 0.25) is 0 Å². The van der Waals surface area contributed by atoms with Gasteiger partial charge in [-0.3, -0.25) is 10.1 Å². The van der Waals surface area contributed by atoms with Crippen LogP contribution in [0.4, 0.5) is 5.69 Å². The normalized spacial score (nSPS) is 10.2. The molecule has 0 saturated carbocycles. The molecule has 0 amide bonds. The van der Waals surface area contributed by atoms with Crippen LogP contribution in [0.25, 0.3) is 0 Å². The fourth-order valence-electron chi connectivity index (χ4n) is 1.60. The number of benzene rings is 2. The molecule has 2 aromatic rings. The van der Waals surface area contributed by atoms with Crippen LogP contribution in [0.5, 0.6) is 5.75 Å². The average Bonchev–Trinajstić information content (AvgIpc) is 2.39. The molecular formula is C14H12INO3. The molecule has 0 atom stereocenters. The first-order chi connectivity index (χ1) is 9.06. The molecule has 0 spiro atoms. The quantitative estimate of drug-likeness (QED) is 0.464. The minimum atomic E-state index is -0.419. The van der Waals surface area contributed by atoms with Gasteiger partial charge in [0.1, 0.15) is 12.4 Å². The summed E-state index contributed by atoms with van der Waals surface area (Å²) in [4.78, 5) is 10.3. The number of nitrogens with zero attached hydrogens (tertiary/aromatic N) is 1. The largest absolute Gasteiger partial charge is 0.488 e. The zero-order valence-electron chi connectivity index (χ0n) is 10.3. The molecule has 0 heterocycles. The summed E-state index contributed by atoms with van der Waals surface area (Å²) in [6.07, 6.45) is 0. The van der Waals surface area contributed by atoms with E-state index >= 15 is 0 Å². The van der Waals surface area contributed by atoms with Gasteiger partial charge >= 0.3 is 0 Å². The third kappa shape index (κ3) is 3.66. The molecule has 0 aliphatic carbocycles. The van der Waals surface area contributed by atoms with E-state index < -0.39 is 4.92 Å². The topological polar surface area (TPSA) is 52.4 Å². The van der Waals surface area contributed by atoms with Crippen molar-refractivity contribution in [3.63, 3.8) is 0 Å². The van der Waals surface area contributed by atoms with E-state index in [1.54, 1.807) is 6.07 Å². The van der Waals surface area contributed by atoms with E-state index in [1.165, 1.54) is 12.1 Å². The van der Waals surface area contributed by atoms with E-state index in [1.807, 2.05) is 31.2 Å². The molecule has 0 bridgehead atoms. The van der Waals surface area contributed by atoms with Crippen LogP contribution in [0.3, 0.4) is 0 Å². The van der Waals surface area contributed by atoms with Gasteiger partial charge in [-0.05, 0) is 58.8 Å². The number of nitro groups is 1. The van der Waals surface area contributed by atoms with Crippen LogP contribution < -0.4 is 4.74 Å². The predicted octanol–water partition coefficient (Wildman–Crippen LogP) is 4.09. The molecule has 98 valence electrons. The summed E-state index contributed by atoms with van der Waals surface area (Å²) in [6, 6.07) is 12.6. The van der Waals surface area contributed by atoms with Gasteiger partial charge in [-0.2, -0.15) is 0 Å². The Labute approximate surface area is 124 Å². The number of halogens is 1. The van der Waals surface area contributed by atoms with Crippen LogP contribution in [0.1, 0.15) is 11.1 Å². The first-order valence-electron chi connectivity index (χ1n) is 5.68. The fraction of sp³-hybridized carbons (Fsp3) is 0.143. The predicted molar refractivity (Wildman–Crippen MR) is 81.3 cm³/mol. The molecule has 19 heavy (non-hydrogen) atoms.